The Labute approximate surface area is 103 Å². The molecular formula is C11H14F2N4O. The van der Waals surface area contributed by atoms with Crippen LogP contribution in [0.25, 0.3) is 0 Å². The van der Waals surface area contributed by atoms with Crippen molar-refractivity contribution in [2.24, 2.45) is 5.73 Å². The van der Waals surface area contributed by atoms with Crippen LogP contribution in [0, 0.1) is 11.2 Å². The minimum atomic E-state index is -1.24. The van der Waals surface area contributed by atoms with Gasteiger partial charge in [-0.1, -0.05) is 0 Å². The summed E-state index contributed by atoms with van der Waals surface area (Å²) in [6.07, 6.45) is 2.17. The van der Waals surface area contributed by atoms with Gasteiger partial charge < -0.3 is 15.8 Å². The van der Waals surface area contributed by atoms with Gasteiger partial charge in [-0.2, -0.15) is 4.39 Å². The van der Waals surface area contributed by atoms with Crippen LogP contribution < -0.4 is 15.8 Å². The van der Waals surface area contributed by atoms with Crippen molar-refractivity contribution < 1.29 is 13.5 Å². The van der Waals surface area contributed by atoms with E-state index in [4.69, 9.17) is 15.9 Å². The molecule has 18 heavy (non-hydrogen) atoms. The number of nitrogens with one attached hydrogen (secondary N) is 2. The molecule has 1 atom stereocenters. The highest BCUT2D eigenvalue weighted by atomic mass is 19.1. The lowest BCUT2D eigenvalue weighted by atomic mass is 10.1. The first-order valence-corrected chi connectivity index (χ1v) is 5.11. The molecule has 0 aliphatic rings. The molecule has 0 aromatic carbocycles. The summed E-state index contributed by atoms with van der Waals surface area (Å²) < 4.78 is 30.5. The Morgan fingerprint density at radius 3 is 2.89 bits per heavy atom. The van der Waals surface area contributed by atoms with Gasteiger partial charge in [0.05, 0.1) is 19.3 Å². The number of nitrogens with two attached hydrogens (primary N) is 1. The van der Waals surface area contributed by atoms with Crippen LogP contribution in [-0.2, 0) is 0 Å². The molecule has 0 aliphatic carbocycles. The van der Waals surface area contributed by atoms with Gasteiger partial charge >= 0.3 is 0 Å². The Morgan fingerprint density at radius 2 is 2.33 bits per heavy atom. The molecule has 98 valence electrons. The van der Waals surface area contributed by atoms with Crippen molar-refractivity contribution in [3.63, 3.8) is 0 Å². The first-order chi connectivity index (χ1) is 8.45. The lowest BCUT2D eigenvalue weighted by molar-refractivity contribution is 0.385. The number of hydrogen-bond acceptors (Lipinski definition) is 5. The fraction of sp³-hybridized carbons (Fsp3) is 0.273. The van der Waals surface area contributed by atoms with Crippen molar-refractivity contribution in [2.45, 2.75) is 13.0 Å². The van der Waals surface area contributed by atoms with Gasteiger partial charge in [0.2, 0.25) is 11.8 Å². The molecule has 0 unspecified atom stereocenters. The number of pyridine rings is 1. The molecule has 0 aliphatic heterocycles. The zero-order valence-corrected chi connectivity index (χ0v) is 10.00. The maximum absolute atomic E-state index is 13.1. The van der Waals surface area contributed by atoms with E-state index in [9.17, 15) is 8.78 Å². The molecule has 1 aromatic rings. The van der Waals surface area contributed by atoms with Gasteiger partial charge in [-0.15, -0.1) is 0 Å². The topological polar surface area (TPSA) is 84.0 Å². The fourth-order valence-electron chi connectivity index (χ4n) is 1.29. The van der Waals surface area contributed by atoms with E-state index in [0.29, 0.717) is 5.56 Å². The predicted molar refractivity (Wildman–Crippen MR) is 63.4 cm³/mol. The summed E-state index contributed by atoms with van der Waals surface area (Å²) >= 11 is 0. The maximum atomic E-state index is 13.1. The Hall–Kier alpha value is -2.18. The van der Waals surface area contributed by atoms with Crippen molar-refractivity contribution in [3.05, 3.63) is 35.5 Å². The molecule has 1 rings (SSSR count). The second-order valence-corrected chi connectivity index (χ2v) is 3.55. The number of ether oxygens (including phenoxy) is 1. The molecular weight excluding hydrogens is 242 g/mol. The van der Waals surface area contributed by atoms with E-state index in [1.807, 2.05) is 0 Å². The van der Waals surface area contributed by atoms with Gasteiger partial charge in [-0.3, -0.25) is 5.41 Å². The Bertz CT molecular complexity index is 476. The molecule has 4 N–H and O–H groups in total. The van der Waals surface area contributed by atoms with Crippen molar-refractivity contribution in [1.82, 2.24) is 10.3 Å². The number of halogens is 2. The minimum absolute atomic E-state index is 0.263. The molecule has 0 amide bonds. The molecule has 0 spiro atoms. The molecule has 0 bridgehead atoms. The number of methoxy groups -OCH3 is 1. The molecule has 5 nitrogen and oxygen atoms in total. The van der Waals surface area contributed by atoms with E-state index < -0.39 is 17.8 Å². The predicted octanol–water partition coefficient (Wildman–Crippen LogP) is 1.63. The average Bonchev–Trinajstić information content (AvgIpc) is 2.35. The third kappa shape index (κ3) is 3.41. The molecule has 1 heterocycles. The Kier molecular flexibility index (Phi) is 4.59. The van der Waals surface area contributed by atoms with Crippen molar-refractivity contribution in [1.29, 1.82) is 5.41 Å². The van der Waals surface area contributed by atoms with E-state index in [1.54, 1.807) is 6.92 Å². The van der Waals surface area contributed by atoms with E-state index >= 15 is 0 Å². The lowest BCUT2D eigenvalue weighted by Gasteiger charge is -2.15. The van der Waals surface area contributed by atoms with Gasteiger partial charge in [0, 0.05) is 11.8 Å². The van der Waals surface area contributed by atoms with Crippen LogP contribution in [0.4, 0.5) is 8.78 Å². The zero-order chi connectivity index (χ0) is 13.7. The van der Waals surface area contributed by atoms with Gasteiger partial charge in [0.15, 0.2) is 0 Å². The number of hydrogen-bond donors (Lipinski definition) is 3. The number of rotatable bonds is 5. The smallest absolute Gasteiger partial charge is 0.230 e. The highest BCUT2D eigenvalue weighted by Gasteiger charge is 2.13. The minimum Gasteiger partial charge on any atom is -0.481 e. The lowest BCUT2D eigenvalue weighted by Crippen LogP contribution is -2.18. The normalized spacial score (nSPS) is 13.0. The SMILES string of the molecule is COc1ncc(F)cc1[C@H](C)N/C=C(/N)C(=N)F. The third-order valence-electron chi connectivity index (χ3n) is 2.25. The van der Waals surface area contributed by atoms with Crippen LogP contribution in [0.15, 0.2) is 24.2 Å². The number of aromatic nitrogens is 1. The van der Waals surface area contributed by atoms with E-state index in [1.165, 1.54) is 13.2 Å². The second kappa shape index (κ2) is 5.95. The second-order valence-electron chi connectivity index (χ2n) is 3.55. The van der Waals surface area contributed by atoms with Gasteiger partial charge in [0.25, 0.3) is 0 Å². The molecule has 0 radical (unpaired) electrons. The fourth-order valence-corrected chi connectivity index (χ4v) is 1.29. The Morgan fingerprint density at radius 1 is 1.67 bits per heavy atom. The Balaban J connectivity index is 2.90. The summed E-state index contributed by atoms with van der Waals surface area (Å²) in [6, 6.07) is 0.856. The molecule has 1 aromatic heterocycles. The van der Waals surface area contributed by atoms with Crippen LogP contribution in [0.3, 0.4) is 0 Å². The van der Waals surface area contributed by atoms with Crippen LogP contribution in [0.2, 0.25) is 0 Å². The quantitative estimate of drug-likeness (QED) is 0.699. The van der Waals surface area contributed by atoms with Gasteiger partial charge in [-0.25, -0.2) is 9.37 Å². The first-order valence-electron chi connectivity index (χ1n) is 5.11. The van der Waals surface area contributed by atoms with Crippen molar-refractivity contribution in [2.75, 3.05) is 7.11 Å². The summed E-state index contributed by atoms with van der Waals surface area (Å²) in [5, 5.41) is 9.39. The van der Waals surface area contributed by atoms with Crippen LogP contribution >= 0.6 is 0 Å². The highest BCUT2D eigenvalue weighted by Crippen LogP contribution is 2.23. The van der Waals surface area contributed by atoms with Gasteiger partial charge in [-0.05, 0) is 13.0 Å². The summed E-state index contributed by atoms with van der Waals surface area (Å²) in [5.41, 5.74) is 5.34. The number of nitrogens with zero attached hydrogens (tertiary/aromatic N) is 1. The number of allylic oxidation sites excluding steroid dienone is 1. The molecule has 0 saturated heterocycles. The summed E-state index contributed by atoms with van der Waals surface area (Å²) in [4.78, 5) is 3.77. The van der Waals surface area contributed by atoms with Crippen LogP contribution in [0.5, 0.6) is 5.88 Å². The standard InChI is InChI=1S/C11H14F2N4O/c1-6(16-5-9(14)10(13)15)8-3-7(12)4-17-11(8)18-2/h3-6,15-16H,14H2,1-2H3/b9-5+,15-10?/t6-/m0/s1. The van der Waals surface area contributed by atoms with Crippen LogP contribution in [0.1, 0.15) is 18.5 Å². The maximum Gasteiger partial charge on any atom is 0.230 e. The van der Waals surface area contributed by atoms with Crippen LogP contribution in [-0.4, -0.2) is 18.1 Å². The summed E-state index contributed by atoms with van der Waals surface area (Å²) in [6.45, 7) is 1.70. The van der Waals surface area contributed by atoms with Gasteiger partial charge in [0.1, 0.15) is 11.5 Å². The first kappa shape index (κ1) is 13.9. The van der Waals surface area contributed by atoms with E-state index in [0.717, 1.165) is 12.4 Å². The van der Waals surface area contributed by atoms with Crippen molar-refractivity contribution in [3.8, 4) is 5.88 Å². The molecule has 7 heteroatoms. The largest absolute Gasteiger partial charge is 0.481 e. The average molecular weight is 256 g/mol. The molecule has 0 saturated carbocycles. The third-order valence-corrected chi connectivity index (χ3v) is 2.25. The zero-order valence-electron chi connectivity index (χ0n) is 10.00. The molecule has 0 fully saturated rings. The summed E-state index contributed by atoms with van der Waals surface area (Å²) in [5.74, 6) is -1.48. The monoisotopic (exact) mass is 256 g/mol. The highest BCUT2D eigenvalue weighted by molar-refractivity contribution is 5.88. The van der Waals surface area contributed by atoms with E-state index in [2.05, 4.69) is 10.3 Å². The summed E-state index contributed by atoms with van der Waals surface area (Å²) in [7, 11) is 1.41. The van der Waals surface area contributed by atoms with E-state index in [-0.39, 0.29) is 11.6 Å². The van der Waals surface area contributed by atoms with Crippen molar-refractivity contribution >= 4 is 5.97 Å².